The number of aliphatic carboxylic acids is 1. The van der Waals surface area contributed by atoms with E-state index < -0.39 is 12.0 Å². The second-order valence-corrected chi connectivity index (χ2v) is 6.06. The van der Waals surface area contributed by atoms with Crippen molar-refractivity contribution in [2.45, 2.75) is 31.2 Å². The fourth-order valence-electron chi connectivity index (χ4n) is 1.68. The highest BCUT2D eigenvalue weighted by atomic mass is 35.5. The van der Waals surface area contributed by atoms with Gasteiger partial charge in [0.05, 0.1) is 0 Å². The predicted molar refractivity (Wildman–Crippen MR) is 81.1 cm³/mol. The fraction of sp³-hybridized carbons (Fsp3) is 0.500. The van der Waals surface area contributed by atoms with E-state index in [1.165, 1.54) is 0 Å². The van der Waals surface area contributed by atoms with Crippen LogP contribution in [0.3, 0.4) is 0 Å². The average molecular weight is 302 g/mol. The van der Waals surface area contributed by atoms with Crippen LogP contribution in [0.2, 0.25) is 5.02 Å². The Morgan fingerprint density at radius 3 is 2.58 bits per heavy atom. The van der Waals surface area contributed by atoms with Crippen LogP contribution in [0.25, 0.3) is 0 Å². The number of carboxylic acid groups (broad SMARTS) is 1. The monoisotopic (exact) mass is 301 g/mol. The lowest BCUT2D eigenvalue weighted by molar-refractivity contribution is -0.140. The van der Waals surface area contributed by atoms with Crippen molar-refractivity contribution >= 4 is 29.3 Å². The van der Waals surface area contributed by atoms with Crippen LogP contribution in [-0.4, -0.2) is 29.4 Å². The van der Waals surface area contributed by atoms with Crippen LogP contribution >= 0.6 is 23.4 Å². The quantitative estimate of drug-likeness (QED) is 0.570. The number of nitrogens with one attached hydrogen (secondary N) is 1. The van der Waals surface area contributed by atoms with Crippen LogP contribution in [0.15, 0.2) is 29.2 Å². The maximum atomic E-state index is 11.1. The normalized spacial score (nSPS) is 14.1. The molecule has 0 aliphatic rings. The molecule has 1 rings (SSSR count). The van der Waals surface area contributed by atoms with Gasteiger partial charge < -0.3 is 10.4 Å². The van der Waals surface area contributed by atoms with Crippen molar-refractivity contribution < 1.29 is 9.90 Å². The third kappa shape index (κ3) is 5.85. The minimum Gasteiger partial charge on any atom is -0.480 e. The summed E-state index contributed by atoms with van der Waals surface area (Å²) in [5, 5.41) is 13.0. The Kier molecular flexibility index (Phi) is 7.28. The number of halogens is 1. The van der Waals surface area contributed by atoms with E-state index >= 15 is 0 Å². The van der Waals surface area contributed by atoms with Gasteiger partial charge in [-0.1, -0.05) is 31.9 Å². The van der Waals surface area contributed by atoms with Crippen LogP contribution in [0, 0.1) is 5.92 Å². The molecule has 0 saturated carbocycles. The van der Waals surface area contributed by atoms with E-state index in [-0.39, 0.29) is 5.92 Å². The van der Waals surface area contributed by atoms with Gasteiger partial charge in [-0.2, -0.15) is 0 Å². The van der Waals surface area contributed by atoms with Gasteiger partial charge in [-0.3, -0.25) is 4.79 Å². The minimum atomic E-state index is -0.772. The number of carbonyl (C=O) groups is 1. The van der Waals surface area contributed by atoms with Crippen molar-refractivity contribution in [2.24, 2.45) is 5.92 Å². The maximum absolute atomic E-state index is 11.1. The Morgan fingerprint density at radius 1 is 1.42 bits per heavy atom. The Hall–Kier alpha value is -0.710. The van der Waals surface area contributed by atoms with Crippen LogP contribution in [0.5, 0.6) is 0 Å². The molecular weight excluding hydrogens is 282 g/mol. The van der Waals surface area contributed by atoms with E-state index in [0.717, 1.165) is 22.1 Å². The molecule has 0 fully saturated rings. The molecule has 0 aliphatic heterocycles. The molecule has 1 aromatic carbocycles. The van der Waals surface area contributed by atoms with Gasteiger partial charge in [-0.25, -0.2) is 0 Å². The van der Waals surface area contributed by atoms with Crippen molar-refractivity contribution in [3.8, 4) is 0 Å². The predicted octanol–water partition coefficient (Wildman–Crippen LogP) is 3.52. The standard InChI is InChI=1S/C14H20ClNO2S/c1-3-10(2)13(14(17)18)16-8-9-19-12-6-4-11(15)5-7-12/h4-7,10,13,16H,3,8-9H2,1-2H3,(H,17,18)/t10-,13-/m0/s1. The van der Waals surface area contributed by atoms with Crippen LogP contribution in [0.1, 0.15) is 20.3 Å². The molecule has 0 heterocycles. The zero-order valence-corrected chi connectivity index (χ0v) is 12.8. The van der Waals surface area contributed by atoms with E-state index in [1.807, 2.05) is 38.1 Å². The van der Waals surface area contributed by atoms with E-state index in [9.17, 15) is 4.79 Å². The SMILES string of the molecule is CC[C@H](C)[C@H](NCCSc1ccc(Cl)cc1)C(=O)O. The molecule has 0 amide bonds. The van der Waals surface area contributed by atoms with Crippen molar-refractivity contribution in [1.29, 1.82) is 0 Å². The van der Waals surface area contributed by atoms with E-state index in [0.29, 0.717) is 6.54 Å². The third-order valence-electron chi connectivity index (χ3n) is 3.03. The Bertz CT molecular complexity index is 397. The molecule has 0 bridgehead atoms. The zero-order valence-electron chi connectivity index (χ0n) is 11.2. The maximum Gasteiger partial charge on any atom is 0.320 e. The van der Waals surface area contributed by atoms with Gasteiger partial charge in [0.15, 0.2) is 0 Å². The van der Waals surface area contributed by atoms with Gasteiger partial charge in [0.25, 0.3) is 0 Å². The summed E-state index contributed by atoms with van der Waals surface area (Å²) in [5.41, 5.74) is 0. The summed E-state index contributed by atoms with van der Waals surface area (Å²) in [4.78, 5) is 12.3. The molecule has 0 aromatic heterocycles. The molecule has 1 aromatic rings. The first-order chi connectivity index (χ1) is 9.04. The van der Waals surface area contributed by atoms with E-state index in [2.05, 4.69) is 5.32 Å². The highest BCUT2D eigenvalue weighted by Gasteiger charge is 2.22. The van der Waals surface area contributed by atoms with Crippen molar-refractivity contribution in [3.63, 3.8) is 0 Å². The Morgan fingerprint density at radius 2 is 2.05 bits per heavy atom. The first-order valence-corrected chi connectivity index (χ1v) is 7.75. The first kappa shape index (κ1) is 16.3. The summed E-state index contributed by atoms with van der Waals surface area (Å²) in [6.07, 6.45) is 0.855. The number of hydrogen-bond acceptors (Lipinski definition) is 3. The molecule has 2 atom stereocenters. The fourth-order valence-corrected chi connectivity index (χ4v) is 2.59. The van der Waals surface area contributed by atoms with Gasteiger partial charge in [0, 0.05) is 22.2 Å². The number of benzene rings is 1. The highest BCUT2D eigenvalue weighted by molar-refractivity contribution is 7.99. The number of rotatable bonds is 8. The molecule has 19 heavy (non-hydrogen) atoms. The minimum absolute atomic E-state index is 0.137. The third-order valence-corrected chi connectivity index (χ3v) is 4.29. The van der Waals surface area contributed by atoms with Gasteiger partial charge in [0.2, 0.25) is 0 Å². The van der Waals surface area contributed by atoms with Crippen molar-refractivity contribution in [2.75, 3.05) is 12.3 Å². The molecule has 0 saturated heterocycles. The van der Waals surface area contributed by atoms with Gasteiger partial charge in [-0.05, 0) is 30.2 Å². The summed E-state index contributed by atoms with van der Waals surface area (Å²) in [5.74, 6) is 0.200. The first-order valence-electron chi connectivity index (χ1n) is 6.39. The molecule has 2 N–H and O–H groups in total. The molecule has 106 valence electrons. The molecule has 0 unspecified atom stereocenters. The second-order valence-electron chi connectivity index (χ2n) is 4.46. The molecule has 0 spiro atoms. The number of thioether (sulfide) groups is 1. The lowest BCUT2D eigenvalue weighted by Gasteiger charge is -2.19. The van der Waals surface area contributed by atoms with Crippen molar-refractivity contribution in [3.05, 3.63) is 29.3 Å². The molecule has 5 heteroatoms. The summed E-state index contributed by atoms with van der Waals surface area (Å²) in [7, 11) is 0. The van der Waals surface area contributed by atoms with E-state index in [4.69, 9.17) is 16.7 Å². The smallest absolute Gasteiger partial charge is 0.320 e. The summed E-state index contributed by atoms with van der Waals surface area (Å²) >= 11 is 7.50. The van der Waals surface area contributed by atoms with Crippen LogP contribution < -0.4 is 5.32 Å². The summed E-state index contributed by atoms with van der Waals surface area (Å²) < 4.78 is 0. The van der Waals surface area contributed by atoms with Gasteiger partial charge in [0.1, 0.15) is 6.04 Å². The zero-order chi connectivity index (χ0) is 14.3. The molecule has 0 radical (unpaired) electrons. The van der Waals surface area contributed by atoms with Crippen LogP contribution in [-0.2, 0) is 4.79 Å². The van der Waals surface area contributed by atoms with Crippen LogP contribution in [0.4, 0.5) is 0 Å². The molecule has 3 nitrogen and oxygen atoms in total. The van der Waals surface area contributed by atoms with Crippen molar-refractivity contribution in [1.82, 2.24) is 5.32 Å². The Balaban J connectivity index is 2.32. The molecule has 0 aliphatic carbocycles. The van der Waals surface area contributed by atoms with E-state index in [1.54, 1.807) is 11.8 Å². The second kappa shape index (κ2) is 8.46. The summed E-state index contributed by atoms with van der Waals surface area (Å²) in [6.45, 7) is 4.64. The lowest BCUT2D eigenvalue weighted by Crippen LogP contribution is -2.42. The van der Waals surface area contributed by atoms with Gasteiger partial charge >= 0.3 is 5.97 Å². The summed E-state index contributed by atoms with van der Waals surface area (Å²) in [6, 6.07) is 7.19. The number of carboxylic acids is 1. The topological polar surface area (TPSA) is 49.3 Å². The highest BCUT2D eigenvalue weighted by Crippen LogP contribution is 2.19. The lowest BCUT2D eigenvalue weighted by atomic mass is 9.99. The molecular formula is C14H20ClNO2S. The average Bonchev–Trinajstić information content (AvgIpc) is 2.39. The largest absolute Gasteiger partial charge is 0.480 e. The Labute approximate surface area is 123 Å². The number of hydrogen-bond donors (Lipinski definition) is 2. The van der Waals surface area contributed by atoms with Gasteiger partial charge in [-0.15, -0.1) is 11.8 Å².